The molecule has 20 heavy (non-hydrogen) atoms. The smallest absolute Gasteiger partial charge is 0.420 e. The van der Waals surface area contributed by atoms with E-state index in [0.717, 1.165) is 4.90 Å². The number of nitrogens with zero attached hydrogens (tertiary/aromatic N) is 1. The number of allylic oxidation sites excluding steroid dienone is 1. The summed E-state index contributed by atoms with van der Waals surface area (Å²) in [6.07, 6.45) is 2.64. The van der Waals surface area contributed by atoms with Gasteiger partial charge in [-0.2, -0.15) is 0 Å². The van der Waals surface area contributed by atoms with Crippen LogP contribution in [0.2, 0.25) is 0 Å². The predicted molar refractivity (Wildman–Crippen MR) is 77.6 cm³/mol. The Labute approximate surface area is 120 Å². The Kier molecular flexibility index (Phi) is 6.72. The number of rotatable bonds is 5. The van der Waals surface area contributed by atoms with Crippen molar-refractivity contribution in [2.45, 2.75) is 58.6 Å². The minimum Gasteiger partial charge on any atom is -0.465 e. The van der Waals surface area contributed by atoms with Crippen molar-refractivity contribution >= 4 is 12.2 Å². The van der Waals surface area contributed by atoms with E-state index in [1.807, 2.05) is 6.08 Å². The van der Waals surface area contributed by atoms with E-state index in [9.17, 15) is 14.7 Å². The number of ether oxygens (including phenoxy) is 1. The van der Waals surface area contributed by atoms with E-state index < -0.39 is 23.3 Å². The molecule has 0 heterocycles. The third-order valence-corrected chi connectivity index (χ3v) is 2.60. The van der Waals surface area contributed by atoms with Crippen molar-refractivity contribution in [3.63, 3.8) is 0 Å². The molecule has 6 heteroatoms. The van der Waals surface area contributed by atoms with Crippen molar-refractivity contribution in [3.8, 4) is 0 Å². The van der Waals surface area contributed by atoms with Crippen LogP contribution in [0.4, 0.5) is 9.59 Å². The number of nitrogens with two attached hydrogens (primary N) is 1. The molecule has 0 atom stereocenters. The number of amides is 2. The molecule has 116 valence electrons. The van der Waals surface area contributed by atoms with Crippen molar-refractivity contribution in [1.82, 2.24) is 4.90 Å². The second-order valence-corrected chi connectivity index (χ2v) is 6.16. The molecule has 0 aromatic rings. The maximum atomic E-state index is 12.0. The van der Waals surface area contributed by atoms with E-state index in [0.29, 0.717) is 19.4 Å². The molecule has 6 nitrogen and oxygen atoms in total. The average Bonchev–Trinajstić information content (AvgIpc) is 2.20. The summed E-state index contributed by atoms with van der Waals surface area (Å²) in [5.41, 5.74) is 3.75. The molecule has 0 rings (SSSR count). The maximum Gasteiger partial charge on any atom is 0.420 e. The van der Waals surface area contributed by atoms with E-state index in [1.54, 1.807) is 40.7 Å². The van der Waals surface area contributed by atoms with Crippen molar-refractivity contribution in [2.75, 3.05) is 6.54 Å². The zero-order valence-corrected chi connectivity index (χ0v) is 13.0. The van der Waals surface area contributed by atoms with Gasteiger partial charge >= 0.3 is 12.2 Å². The Morgan fingerprint density at radius 3 is 2.15 bits per heavy atom. The number of hydrogen-bond acceptors (Lipinski definition) is 4. The Hall–Kier alpha value is -1.56. The van der Waals surface area contributed by atoms with Crippen molar-refractivity contribution < 1.29 is 19.4 Å². The van der Waals surface area contributed by atoms with Crippen LogP contribution in [0.15, 0.2) is 12.2 Å². The van der Waals surface area contributed by atoms with Gasteiger partial charge in [-0.3, -0.25) is 0 Å². The summed E-state index contributed by atoms with van der Waals surface area (Å²) in [7, 11) is 0. The molecule has 2 amide bonds. The summed E-state index contributed by atoms with van der Waals surface area (Å²) in [6.45, 7) is 8.92. The van der Waals surface area contributed by atoms with Gasteiger partial charge in [-0.15, -0.1) is 0 Å². The summed E-state index contributed by atoms with van der Waals surface area (Å²) < 4.78 is 5.14. The van der Waals surface area contributed by atoms with Gasteiger partial charge in [-0.05, 0) is 47.5 Å². The van der Waals surface area contributed by atoms with Gasteiger partial charge in [0, 0.05) is 6.54 Å². The molecule has 0 aliphatic carbocycles. The van der Waals surface area contributed by atoms with E-state index in [-0.39, 0.29) is 0 Å². The van der Waals surface area contributed by atoms with Crippen LogP contribution in [-0.4, -0.2) is 39.9 Å². The highest BCUT2D eigenvalue weighted by molar-refractivity contribution is 5.88. The number of carbonyl (C=O) groups excluding carboxylic acids is 1. The monoisotopic (exact) mass is 286 g/mol. The van der Waals surface area contributed by atoms with Crippen LogP contribution in [-0.2, 0) is 4.74 Å². The van der Waals surface area contributed by atoms with Crippen molar-refractivity contribution in [2.24, 2.45) is 5.73 Å². The lowest BCUT2D eigenvalue weighted by atomic mass is 9.96. The number of imide groups is 1. The fraction of sp³-hybridized carbons (Fsp3) is 0.714. The molecular formula is C14H26N2O4. The first-order valence-corrected chi connectivity index (χ1v) is 6.62. The standard InChI is InChI=1S/C14H26N2O4/c1-13(2,3)20-12(19)16(11(17)18)14(4,5)9-7-6-8-10-15/h6,8H,7,9-10,15H2,1-5H3,(H,17,18)/b8-6+. The largest absolute Gasteiger partial charge is 0.465 e. The topological polar surface area (TPSA) is 92.9 Å². The molecule has 0 aromatic heterocycles. The second kappa shape index (κ2) is 7.28. The van der Waals surface area contributed by atoms with Gasteiger partial charge in [-0.25, -0.2) is 14.5 Å². The van der Waals surface area contributed by atoms with Gasteiger partial charge in [0.25, 0.3) is 0 Å². The van der Waals surface area contributed by atoms with Gasteiger partial charge in [-0.1, -0.05) is 12.2 Å². The lowest BCUT2D eigenvalue weighted by molar-refractivity contribution is 0.00672. The molecule has 0 aromatic carbocycles. The Morgan fingerprint density at radius 1 is 1.20 bits per heavy atom. The van der Waals surface area contributed by atoms with Gasteiger partial charge < -0.3 is 15.6 Å². The van der Waals surface area contributed by atoms with Crippen LogP contribution in [0.5, 0.6) is 0 Å². The number of carbonyl (C=O) groups is 2. The molecule has 0 bridgehead atoms. The van der Waals surface area contributed by atoms with Crippen molar-refractivity contribution in [3.05, 3.63) is 12.2 Å². The lowest BCUT2D eigenvalue weighted by Crippen LogP contribution is -2.52. The first kappa shape index (κ1) is 18.4. The summed E-state index contributed by atoms with van der Waals surface area (Å²) in [4.78, 5) is 24.1. The van der Waals surface area contributed by atoms with Gasteiger partial charge in [0.05, 0.1) is 5.54 Å². The Morgan fingerprint density at radius 2 is 1.75 bits per heavy atom. The highest BCUT2D eigenvalue weighted by atomic mass is 16.6. The maximum absolute atomic E-state index is 12.0. The minimum absolute atomic E-state index is 0.440. The summed E-state index contributed by atoms with van der Waals surface area (Å²) in [5, 5.41) is 9.27. The van der Waals surface area contributed by atoms with Crippen LogP contribution in [0, 0.1) is 0 Å². The van der Waals surface area contributed by atoms with Crippen LogP contribution in [0.25, 0.3) is 0 Å². The van der Waals surface area contributed by atoms with E-state index >= 15 is 0 Å². The van der Waals surface area contributed by atoms with Gasteiger partial charge in [0.15, 0.2) is 0 Å². The molecule has 0 saturated carbocycles. The summed E-state index contributed by atoms with van der Waals surface area (Å²) in [6, 6.07) is 0. The average molecular weight is 286 g/mol. The van der Waals surface area contributed by atoms with Crippen LogP contribution < -0.4 is 5.73 Å². The fourth-order valence-electron chi connectivity index (χ4n) is 1.65. The van der Waals surface area contributed by atoms with E-state index in [1.165, 1.54) is 0 Å². The van der Waals surface area contributed by atoms with Gasteiger partial charge in [0.1, 0.15) is 5.60 Å². The molecule has 0 spiro atoms. The van der Waals surface area contributed by atoms with E-state index in [4.69, 9.17) is 10.5 Å². The van der Waals surface area contributed by atoms with Crippen LogP contribution in [0.1, 0.15) is 47.5 Å². The fourth-order valence-corrected chi connectivity index (χ4v) is 1.65. The van der Waals surface area contributed by atoms with Crippen LogP contribution >= 0.6 is 0 Å². The molecule has 0 unspecified atom stereocenters. The molecule has 0 radical (unpaired) electrons. The highest BCUT2D eigenvalue weighted by Crippen LogP contribution is 2.24. The lowest BCUT2D eigenvalue weighted by Gasteiger charge is -2.35. The highest BCUT2D eigenvalue weighted by Gasteiger charge is 2.38. The first-order valence-electron chi connectivity index (χ1n) is 6.62. The summed E-state index contributed by atoms with van der Waals surface area (Å²) >= 11 is 0. The number of hydrogen-bond donors (Lipinski definition) is 2. The quantitative estimate of drug-likeness (QED) is 0.758. The predicted octanol–water partition coefficient (Wildman–Crippen LogP) is 2.98. The zero-order valence-electron chi connectivity index (χ0n) is 13.0. The van der Waals surface area contributed by atoms with Crippen molar-refractivity contribution in [1.29, 1.82) is 0 Å². The summed E-state index contributed by atoms with van der Waals surface area (Å²) in [5.74, 6) is 0. The molecule has 0 fully saturated rings. The first-order chi connectivity index (χ1) is 9.01. The van der Waals surface area contributed by atoms with Crippen LogP contribution in [0.3, 0.4) is 0 Å². The second-order valence-electron chi connectivity index (χ2n) is 6.16. The molecule has 0 saturated heterocycles. The van der Waals surface area contributed by atoms with Gasteiger partial charge in [0.2, 0.25) is 0 Å². The molecular weight excluding hydrogens is 260 g/mol. The Bertz CT molecular complexity index is 370. The molecule has 0 aliphatic heterocycles. The SMILES string of the molecule is CC(C)(C)OC(=O)N(C(=O)O)C(C)(C)CC/C=C/CN. The third-order valence-electron chi connectivity index (χ3n) is 2.60. The minimum atomic E-state index is -1.31. The molecule has 3 N–H and O–H groups in total. The zero-order chi connectivity index (χ0) is 16.0. The Balaban J connectivity index is 4.92. The number of carboxylic acid groups (broad SMARTS) is 1. The van der Waals surface area contributed by atoms with E-state index in [2.05, 4.69) is 0 Å². The third kappa shape index (κ3) is 6.56. The molecule has 0 aliphatic rings. The normalized spacial score (nSPS) is 12.5.